The minimum atomic E-state index is -0.679. The summed E-state index contributed by atoms with van der Waals surface area (Å²) >= 11 is 0. The predicted molar refractivity (Wildman–Crippen MR) is 55.9 cm³/mol. The maximum absolute atomic E-state index is 11.7. The van der Waals surface area contributed by atoms with Gasteiger partial charge in [0, 0.05) is 0 Å². The van der Waals surface area contributed by atoms with Gasteiger partial charge in [0.2, 0.25) is 0 Å². The van der Waals surface area contributed by atoms with Crippen molar-refractivity contribution in [3.63, 3.8) is 0 Å². The van der Waals surface area contributed by atoms with Crippen LogP contribution >= 0.6 is 0 Å². The largest absolute Gasteiger partial charge is 0.463 e. The molecule has 0 aliphatic rings. The highest BCUT2D eigenvalue weighted by Crippen LogP contribution is 2.30. The van der Waals surface area contributed by atoms with Gasteiger partial charge in [-0.2, -0.15) is 0 Å². The monoisotopic (exact) mass is 202 g/mol. The van der Waals surface area contributed by atoms with Gasteiger partial charge in [-0.1, -0.05) is 20.8 Å². The first-order valence-electron chi connectivity index (χ1n) is 5.04. The predicted octanol–water partition coefficient (Wildman–Crippen LogP) is 1.98. The van der Waals surface area contributed by atoms with E-state index >= 15 is 0 Å². The Balaban J connectivity index is 4.60. The number of esters is 1. The molecule has 0 aliphatic carbocycles. The van der Waals surface area contributed by atoms with Gasteiger partial charge in [0.05, 0.1) is 18.1 Å². The van der Waals surface area contributed by atoms with Crippen molar-refractivity contribution in [2.24, 2.45) is 11.3 Å². The lowest BCUT2D eigenvalue weighted by Crippen LogP contribution is -2.39. The zero-order valence-corrected chi connectivity index (χ0v) is 10.00. The van der Waals surface area contributed by atoms with Crippen molar-refractivity contribution >= 4 is 5.97 Å². The molecule has 0 aliphatic heterocycles. The Labute approximate surface area is 86.5 Å². The van der Waals surface area contributed by atoms with E-state index in [-0.39, 0.29) is 17.5 Å². The van der Waals surface area contributed by atoms with Crippen molar-refractivity contribution in [2.45, 2.75) is 53.8 Å². The first-order chi connectivity index (χ1) is 6.16. The first-order valence-corrected chi connectivity index (χ1v) is 5.04. The minimum absolute atomic E-state index is 0.133. The van der Waals surface area contributed by atoms with Crippen LogP contribution in [0.15, 0.2) is 0 Å². The standard InChI is InChI=1S/C11H22O3/c1-7(2)14-10(13)9(8(3)12)11(4,5)6/h7-9,12H,1-6H3/t8-,9?/m0/s1. The molecule has 0 spiro atoms. The smallest absolute Gasteiger partial charge is 0.312 e. The van der Waals surface area contributed by atoms with Crippen LogP contribution < -0.4 is 0 Å². The van der Waals surface area contributed by atoms with Crippen LogP contribution in [0.3, 0.4) is 0 Å². The van der Waals surface area contributed by atoms with E-state index in [2.05, 4.69) is 0 Å². The molecular formula is C11H22O3. The van der Waals surface area contributed by atoms with Gasteiger partial charge in [0.25, 0.3) is 0 Å². The number of hydrogen-bond acceptors (Lipinski definition) is 3. The van der Waals surface area contributed by atoms with Crippen LogP contribution in [0.25, 0.3) is 0 Å². The van der Waals surface area contributed by atoms with E-state index in [0.717, 1.165) is 0 Å². The van der Waals surface area contributed by atoms with Crippen molar-refractivity contribution in [1.82, 2.24) is 0 Å². The van der Waals surface area contributed by atoms with E-state index in [1.807, 2.05) is 20.8 Å². The molecule has 0 saturated heterocycles. The summed E-state index contributed by atoms with van der Waals surface area (Å²) in [6.45, 7) is 11.0. The van der Waals surface area contributed by atoms with E-state index in [0.29, 0.717) is 0 Å². The maximum atomic E-state index is 11.7. The van der Waals surface area contributed by atoms with E-state index in [1.165, 1.54) is 0 Å². The molecule has 0 aromatic heterocycles. The van der Waals surface area contributed by atoms with E-state index < -0.39 is 12.0 Å². The fourth-order valence-corrected chi connectivity index (χ4v) is 1.58. The number of aliphatic hydroxyl groups excluding tert-OH is 1. The second kappa shape index (κ2) is 4.78. The molecule has 3 heteroatoms. The lowest BCUT2D eigenvalue weighted by atomic mass is 9.78. The Kier molecular flexibility index (Phi) is 4.59. The van der Waals surface area contributed by atoms with Gasteiger partial charge in [-0.15, -0.1) is 0 Å². The molecule has 1 unspecified atom stereocenters. The third-order valence-electron chi connectivity index (χ3n) is 2.02. The molecule has 0 radical (unpaired) electrons. The van der Waals surface area contributed by atoms with Crippen LogP contribution in [-0.4, -0.2) is 23.3 Å². The molecule has 2 atom stereocenters. The summed E-state index contributed by atoms with van der Waals surface area (Å²) in [6, 6.07) is 0. The van der Waals surface area contributed by atoms with Crippen LogP contribution in [0.1, 0.15) is 41.5 Å². The molecule has 14 heavy (non-hydrogen) atoms. The average molecular weight is 202 g/mol. The number of ether oxygens (including phenoxy) is 1. The van der Waals surface area contributed by atoms with Gasteiger partial charge < -0.3 is 9.84 Å². The van der Waals surface area contributed by atoms with Gasteiger partial charge in [-0.25, -0.2) is 0 Å². The normalized spacial score (nSPS) is 16.6. The van der Waals surface area contributed by atoms with Crippen molar-refractivity contribution in [3.05, 3.63) is 0 Å². The molecule has 84 valence electrons. The lowest BCUT2D eigenvalue weighted by Gasteiger charge is -2.31. The van der Waals surface area contributed by atoms with Crippen LogP contribution in [0.2, 0.25) is 0 Å². The summed E-state index contributed by atoms with van der Waals surface area (Å²) in [5.74, 6) is -0.785. The Hall–Kier alpha value is -0.570. The lowest BCUT2D eigenvalue weighted by molar-refractivity contribution is -0.161. The van der Waals surface area contributed by atoms with E-state index in [4.69, 9.17) is 4.74 Å². The second-order valence-electron chi connectivity index (χ2n) is 5.07. The number of hydrogen-bond donors (Lipinski definition) is 1. The first kappa shape index (κ1) is 13.4. The summed E-state index contributed by atoms with van der Waals surface area (Å²) in [7, 11) is 0. The van der Waals surface area contributed by atoms with Crippen molar-refractivity contribution < 1.29 is 14.6 Å². The Morgan fingerprint density at radius 3 is 1.86 bits per heavy atom. The van der Waals surface area contributed by atoms with E-state index in [1.54, 1.807) is 20.8 Å². The fraction of sp³-hybridized carbons (Fsp3) is 0.909. The van der Waals surface area contributed by atoms with Gasteiger partial charge in [0.1, 0.15) is 0 Å². The van der Waals surface area contributed by atoms with Crippen LogP contribution in [0, 0.1) is 11.3 Å². The third-order valence-corrected chi connectivity index (χ3v) is 2.02. The molecule has 0 fully saturated rings. The average Bonchev–Trinajstić information content (AvgIpc) is 1.78. The topological polar surface area (TPSA) is 46.5 Å². The summed E-state index contributed by atoms with van der Waals surface area (Å²) in [4.78, 5) is 11.7. The number of rotatable bonds is 3. The summed E-state index contributed by atoms with van der Waals surface area (Å²) in [5, 5.41) is 9.53. The minimum Gasteiger partial charge on any atom is -0.463 e. The van der Waals surface area contributed by atoms with Crippen LogP contribution in [-0.2, 0) is 9.53 Å². The van der Waals surface area contributed by atoms with Crippen molar-refractivity contribution in [1.29, 1.82) is 0 Å². The van der Waals surface area contributed by atoms with Crippen molar-refractivity contribution in [2.75, 3.05) is 0 Å². The molecule has 0 aromatic rings. The van der Waals surface area contributed by atoms with Gasteiger partial charge in [-0.05, 0) is 26.2 Å². The maximum Gasteiger partial charge on any atom is 0.312 e. The zero-order valence-electron chi connectivity index (χ0n) is 10.00. The van der Waals surface area contributed by atoms with Gasteiger partial charge in [-0.3, -0.25) is 4.79 Å². The Morgan fingerprint density at radius 1 is 1.21 bits per heavy atom. The summed E-state index contributed by atoms with van der Waals surface area (Å²) in [5.41, 5.74) is -0.278. The molecule has 0 bridgehead atoms. The van der Waals surface area contributed by atoms with Crippen LogP contribution in [0.4, 0.5) is 0 Å². The molecule has 0 heterocycles. The quantitative estimate of drug-likeness (QED) is 0.712. The Bertz CT molecular complexity index is 189. The molecular weight excluding hydrogens is 180 g/mol. The summed E-state index contributed by atoms with van der Waals surface area (Å²) < 4.78 is 5.10. The molecule has 0 amide bonds. The van der Waals surface area contributed by atoms with Gasteiger partial charge in [0.15, 0.2) is 0 Å². The number of carbonyl (C=O) groups is 1. The SMILES string of the molecule is CC(C)OC(=O)C([C@H](C)O)C(C)(C)C. The molecule has 1 N–H and O–H groups in total. The molecule has 3 nitrogen and oxygen atoms in total. The highest BCUT2D eigenvalue weighted by molar-refractivity contribution is 5.74. The number of carbonyl (C=O) groups excluding carboxylic acids is 1. The van der Waals surface area contributed by atoms with Crippen molar-refractivity contribution in [3.8, 4) is 0 Å². The van der Waals surface area contributed by atoms with E-state index in [9.17, 15) is 9.90 Å². The van der Waals surface area contributed by atoms with Crippen LogP contribution in [0.5, 0.6) is 0 Å². The molecule has 0 rings (SSSR count). The Morgan fingerprint density at radius 2 is 1.64 bits per heavy atom. The second-order valence-corrected chi connectivity index (χ2v) is 5.07. The summed E-state index contributed by atoms with van der Waals surface area (Å²) in [6.07, 6.45) is -0.813. The molecule has 0 aromatic carbocycles. The third kappa shape index (κ3) is 4.09. The highest BCUT2D eigenvalue weighted by atomic mass is 16.5. The molecule has 0 saturated carbocycles. The highest BCUT2D eigenvalue weighted by Gasteiger charge is 2.36. The number of aliphatic hydroxyl groups is 1. The zero-order chi connectivity index (χ0) is 11.5. The van der Waals surface area contributed by atoms with Gasteiger partial charge >= 0.3 is 5.97 Å². The fourth-order valence-electron chi connectivity index (χ4n) is 1.58.